The molecule has 0 aliphatic heterocycles. The van der Waals surface area contributed by atoms with Crippen molar-refractivity contribution in [2.75, 3.05) is 19.0 Å². The van der Waals surface area contributed by atoms with Crippen molar-refractivity contribution < 1.29 is 14.3 Å². The average molecular weight is 425 g/mol. The number of carbonyl (C=O) groups is 1. The Labute approximate surface area is 181 Å². The van der Waals surface area contributed by atoms with E-state index in [2.05, 4.69) is 17.2 Å². The molecule has 0 aliphatic rings. The Balaban J connectivity index is 1.60. The zero-order valence-electron chi connectivity index (χ0n) is 17.7. The van der Waals surface area contributed by atoms with Crippen molar-refractivity contribution in [2.24, 2.45) is 0 Å². The van der Waals surface area contributed by atoms with E-state index in [0.717, 1.165) is 33.5 Å². The fourth-order valence-corrected chi connectivity index (χ4v) is 4.02. The molecule has 1 heterocycles. The Hall–Kier alpha value is -2.86. The van der Waals surface area contributed by atoms with Crippen LogP contribution >= 0.6 is 11.3 Å². The Kier molecular flexibility index (Phi) is 7.85. The van der Waals surface area contributed by atoms with Crippen LogP contribution in [0.1, 0.15) is 43.7 Å². The highest BCUT2D eigenvalue weighted by Gasteiger charge is 2.08. The second-order valence-electron chi connectivity index (χ2n) is 7.08. The summed E-state index contributed by atoms with van der Waals surface area (Å²) in [6, 6.07) is 11.7. The maximum absolute atomic E-state index is 12.3. The van der Waals surface area contributed by atoms with E-state index in [1.54, 1.807) is 13.2 Å². The van der Waals surface area contributed by atoms with Crippen LogP contribution in [-0.4, -0.2) is 24.6 Å². The summed E-state index contributed by atoms with van der Waals surface area (Å²) in [4.78, 5) is 16.8. The molecule has 5 nitrogen and oxygen atoms in total. The summed E-state index contributed by atoms with van der Waals surface area (Å²) in [7, 11) is 1.62. The molecule has 0 aliphatic carbocycles. The van der Waals surface area contributed by atoms with Crippen molar-refractivity contribution in [1.82, 2.24) is 4.98 Å². The van der Waals surface area contributed by atoms with E-state index in [-0.39, 0.29) is 5.91 Å². The Bertz CT molecular complexity index is 1030. The van der Waals surface area contributed by atoms with Gasteiger partial charge in [-0.05, 0) is 48.7 Å². The Morgan fingerprint density at radius 3 is 2.80 bits per heavy atom. The van der Waals surface area contributed by atoms with E-state index < -0.39 is 0 Å². The molecule has 6 heteroatoms. The van der Waals surface area contributed by atoms with Crippen molar-refractivity contribution in [3.05, 3.63) is 53.6 Å². The van der Waals surface area contributed by atoms with Crippen LogP contribution < -0.4 is 14.8 Å². The van der Waals surface area contributed by atoms with Crippen LogP contribution in [0.5, 0.6) is 11.5 Å². The summed E-state index contributed by atoms with van der Waals surface area (Å²) in [6.07, 6.45) is 7.88. The van der Waals surface area contributed by atoms with E-state index in [0.29, 0.717) is 17.5 Å². The highest BCUT2D eigenvalue weighted by Crippen LogP contribution is 2.29. The number of aromatic nitrogens is 1. The number of hydrogen-bond acceptors (Lipinski definition) is 5. The van der Waals surface area contributed by atoms with Gasteiger partial charge in [-0.3, -0.25) is 10.1 Å². The van der Waals surface area contributed by atoms with Crippen LogP contribution in [0.4, 0.5) is 5.13 Å². The fraction of sp³-hybridized carbons (Fsp3) is 0.333. The number of unbranched alkanes of at least 4 members (excludes halogenated alkanes) is 3. The number of amides is 1. The average Bonchev–Trinajstić information content (AvgIpc) is 3.16. The number of para-hydroxylation sites is 1. The summed E-state index contributed by atoms with van der Waals surface area (Å²) in [5, 5.41) is 3.43. The first-order valence-corrected chi connectivity index (χ1v) is 11.1. The summed E-state index contributed by atoms with van der Waals surface area (Å²) < 4.78 is 12.3. The summed E-state index contributed by atoms with van der Waals surface area (Å²) in [5.41, 5.74) is 2.89. The SMILES string of the molecule is CCCCCCOc1ccc(/C=C/C(=O)Nc2nc3c(C)cccc3s2)cc1OC. The minimum atomic E-state index is -0.220. The molecule has 0 atom stereocenters. The van der Waals surface area contributed by atoms with Crippen molar-refractivity contribution in [3.63, 3.8) is 0 Å². The highest BCUT2D eigenvalue weighted by molar-refractivity contribution is 7.22. The molecule has 1 aromatic heterocycles. The van der Waals surface area contributed by atoms with Crippen molar-refractivity contribution in [1.29, 1.82) is 0 Å². The minimum Gasteiger partial charge on any atom is -0.493 e. The molecule has 0 bridgehead atoms. The third-order valence-corrected chi connectivity index (χ3v) is 5.66. The smallest absolute Gasteiger partial charge is 0.250 e. The number of rotatable bonds is 10. The first-order chi connectivity index (χ1) is 14.6. The van der Waals surface area contributed by atoms with Gasteiger partial charge in [0, 0.05) is 6.08 Å². The Morgan fingerprint density at radius 2 is 2.03 bits per heavy atom. The van der Waals surface area contributed by atoms with Crippen LogP contribution in [0.2, 0.25) is 0 Å². The predicted octanol–water partition coefficient (Wildman–Crippen LogP) is 6.22. The zero-order chi connectivity index (χ0) is 21.3. The molecule has 2 aromatic carbocycles. The number of hydrogen-bond donors (Lipinski definition) is 1. The number of fused-ring (bicyclic) bond motifs is 1. The van der Waals surface area contributed by atoms with E-state index in [1.807, 2.05) is 43.3 Å². The number of methoxy groups -OCH3 is 1. The number of nitrogens with zero attached hydrogens (tertiary/aromatic N) is 1. The maximum Gasteiger partial charge on any atom is 0.250 e. The molecule has 158 valence electrons. The molecular formula is C24H28N2O3S. The third-order valence-electron chi connectivity index (χ3n) is 4.72. The van der Waals surface area contributed by atoms with Gasteiger partial charge in [-0.1, -0.05) is 55.7 Å². The van der Waals surface area contributed by atoms with Crippen LogP contribution in [-0.2, 0) is 4.79 Å². The number of anilines is 1. The van der Waals surface area contributed by atoms with Gasteiger partial charge in [0.1, 0.15) is 0 Å². The number of carbonyl (C=O) groups excluding carboxylic acids is 1. The summed E-state index contributed by atoms with van der Waals surface area (Å²) >= 11 is 1.47. The first-order valence-electron chi connectivity index (χ1n) is 10.3. The topological polar surface area (TPSA) is 60.5 Å². The second-order valence-corrected chi connectivity index (χ2v) is 8.11. The van der Waals surface area contributed by atoms with Crippen LogP contribution in [0.3, 0.4) is 0 Å². The monoisotopic (exact) mass is 424 g/mol. The highest BCUT2D eigenvalue weighted by atomic mass is 32.1. The number of thiazole rings is 1. The normalized spacial score (nSPS) is 11.2. The van der Waals surface area contributed by atoms with Gasteiger partial charge in [-0.2, -0.15) is 0 Å². The first kappa shape index (κ1) is 21.8. The fourth-order valence-electron chi connectivity index (χ4n) is 3.08. The lowest BCUT2D eigenvalue weighted by atomic mass is 10.2. The molecule has 0 saturated carbocycles. The van der Waals surface area contributed by atoms with Crippen LogP contribution in [0.15, 0.2) is 42.5 Å². The van der Waals surface area contributed by atoms with Gasteiger partial charge in [0.05, 0.1) is 23.9 Å². The summed E-state index contributed by atoms with van der Waals surface area (Å²) in [5.74, 6) is 1.16. The van der Waals surface area contributed by atoms with E-state index in [1.165, 1.54) is 36.7 Å². The summed E-state index contributed by atoms with van der Waals surface area (Å²) in [6.45, 7) is 4.88. The lowest BCUT2D eigenvalue weighted by Crippen LogP contribution is -2.07. The predicted molar refractivity (Wildman–Crippen MR) is 125 cm³/mol. The van der Waals surface area contributed by atoms with E-state index >= 15 is 0 Å². The molecule has 0 fully saturated rings. The van der Waals surface area contributed by atoms with Crippen molar-refractivity contribution in [2.45, 2.75) is 39.5 Å². The van der Waals surface area contributed by atoms with Crippen LogP contribution in [0.25, 0.3) is 16.3 Å². The molecule has 1 amide bonds. The van der Waals surface area contributed by atoms with Gasteiger partial charge < -0.3 is 9.47 Å². The molecule has 0 spiro atoms. The molecule has 1 N–H and O–H groups in total. The van der Waals surface area contributed by atoms with E-state index in [4.69, 9.17) is 9.47 Å². The minimum absolute atomic E-state index is 0.220. The Morgan fingerprint density at radius 1 is 1.17 bits per heavy atom. The van der Waals surface area contributed by atoms with Gasteiger partial charge in [0.2, 0.25) is 5.91 Å². The largest absolute Gasteiger partial charge is 0.493 e. The quantitative estimate of drug-likeness (QED) is 0.310. The van der Waals surface area contributed by atoms with Gasteiger partial charge in [0.15, 0.2) is 16.6 Å². The maximum atomic E-state index is 12.3. The molecule has 0 radical (unpaired) electrons. The molecule has 3 rings (SSSR count). The van der Waals surface area contributed by atoms with Crippen molar-refractivity contribution >= 4 is 38.7 Å². The van der Waals surface area contributed by atoms with Gasteiger partial charge >= 0.3 is 0 Å². The number of ether oxygens (including phenoxy) is 2. The number of benzene rings is 2. The lowest BCUT2D eigenvalue weighted by molar-refractivity contribution is -0.111. The van der Waals surface area contributed by atoms with E-state index in [9.17, 15) is 4.79 Å². The molecule has 3 aromatic rings. The zero-order valence-corrected chi connectivity index (χ0v) is 18.6. The number of aryl methyl sites for hydroxylation is 1. The molecular weight excluding hydrogens is 396 g/mol. The van der Waals surface area contributed by atoms with Gasteiger partial charge in [0.25, 0.3) is 0 Å². The molecule has 30 heavy (non-hydrogen) atoms. The third kappa shape index (κ3) is 5.83. The van der Waals surface area contributed by atoms with Gasteiger partial charge in [-0.25, -0.2) is 4.98 Å². The second kappa shape index (κ2) is 10.8. The van der Waals surface area contributed by atoms with Crippen molar-refractivity contribution in [3.8, 4) is 11.5 Å². The number of nitrogens with one attached hydrogen (secondary N) is 1. The lowest BCUT2D eigenvalue weighted by Gasteiger charge is -2.11. The molecule has 0 saturated heterocycles. The molecule has 0 unspecified atom stereocenters. The van der Waals surface area contributed by atoms with Crippen LogP contribution in [0, 0.1) is 6.92 Å². The van der Waals surface area contributed by atoms with Gasteiger partial charge in [-0.15, -0.1) is 0 Å². The standard InChI is InChI=1S/C24H28N2O3S/c1-4-5-6-7-15-29-19-13-11-18(16-20(19)28-3)12-14-22(27)25-24-26-23-17(2)9-8-10-21(23)30-24/h8-14,16H,4-7,15H2,1-3H3,(H,25,26,27)/b14-12+.